The quantitative estimate of drug-likeness (QED) is 0.566. The first-order valence-electron chi connectivity index (χ1n) is 6.83. The number of benzene rings is 1. The average Bonchev–Trinajstić information content (AvgIpc) is 2.95. The Hall–Kier alpha value is -2.61. The molecule has 1 aromatic carbocycles. The standard InChI is InChI=1S/C15H14N4O3S/c1-9-7-13(21)16-14-17-18-15(19(9)14)23-8-12(20)10-3-5-11(22-2)6-4-10/h3-7H,8H2,1-2H3,(H,16,17,21). The van der Waals surface area contributed by atoms with Crippen LogP contribution in [0.1, 0.15) is 16.1 Å². The van der Waals surface area contributed by atoms with Gasteiger partial charge < -0.3 is 4.74 Å². The summed E-state index contributed by atoms with van der Waals surface area (Å²) in [6.07, 6.45) is 0. The SMILES string of the molecule is COc1ccc(C(=O)CSc2nnc3[nH]c(=O)cc(C)n23)cc1. The van der Waals surface area contributed by atoms with Gasteiger partial charge in [-0.15, -0.1) is 10.2 Å². The van der Waals surface area contributed by atoms with E-state index in [1.165, 1.54) is 17.8 Å². The van der Waals surface area contributed by atoms with E-state index in [1.54, 1.807) is 42.7 Å². The second-order valence-electron chi connectivity index (χ2n) is 4.86. The summed E-state index contributed by atoms with van der Waals surface area (Å²) in [5.74, 6) is 1.29. The second kappa shape index (κ2) is 6.25. The summed E-state index contributed by atoms with van der Waals surface area (Å²) in [6, 6.07) is 8.42. The number of ether oxygens (including phenoxy) is 1. The molecular formula is C15H14N4O3S. The minimum Gasteiger partial charge on any atom is -0.497 e. The van der Waals surface area contributed by atoms with Gasteiger partial charge in [-0.2, -0.15) is 0 Å². The van der Waals surface area contributed by atoms with Crippen molar-refractivity contribution in [1.29, 1.82) is 0 Å². The van der Waals surface area contributed by atoms with Crippen LogP contribution >= 0.6 is 11.8 Å². The van der Waals surface area contributed by atoms with Crippen molar-refractivity contribution >= 4 is 23.3 Å². The maximum atomic E-state index is 12.2. The fraction of sp³-hybridized carbons (Fsp3) is 0.200. The highest BCUT2D eigenvalue weighted by molar-refractivity contribution is 7.99. The van der Waals surface area contributed by atoms with Crippen LogP contribution in [0.5, 0.6) is 5.75 Å². The van der Waals surface area contributed by atoms with Crippen molar-refractivity contribution in [3.05, 3.63) is 51.9 Å². The van der Waals surface area contributed by atoms with E-state index in [0.29, 0.717) is 27.9 Å². The molecule has 0 bridgehead atoms. The Balaban J connectivity index is 1.77. The highest BCUT2D eigenvalue weighted by Gasteiger charge is 2.13. The Morgan fingerprint density at radius 3 is 2.74 bits per heavy atom. The van der Waals surface area contributed by atoms with E-state index in [-0.39, 0.29) is 17.1 Å². The van der Waals surface area contributed by atoms with Crippen molar-refractivity contribution in [3.63, 3.8) is 0 Å². The molecule has 8 heteroatoms. The maximum absolute atomic E-state index is 12.2. The van der Waals surface area contributed by atoms with Gasteiger partial charge in [0.25, 0.3) is 5.56 Å². The first-order chi connectivity index (χ1) is 11.1. The summed E-state index contributed by atoms with van der Waals surface area (Å²) in [4.78, 5) is 26.3. The zero-order chi connectivity index (χ0) is 16.4. The van der Waals surface area contributed by atoms with Crippen molar-refractivity contribution < 1.29 is 9.53 Å². The number of hydrogen-bond donors (Lipinski definition) is 1. The molecular weight excluding hydrogens is 316 g/mol. The van der Waals surface area contributed by atoms with Gasteiger partial charge in [0, 0.05) is 17.3 Å². The number of hydrogen-bond acceptors (Lipinski definition) is 6. The Morgan fingerprint density at radius 2 is 2.04 bits per heavy atom. The van der Waals surface area contributed by atoms with E-state index in [0.717, 1.165) is 0 Å². The summed E-state index contributed by atoms with van der Waals surface area (Å²) in [7, 11) is 1.58. The molecule has 0 atom stereocenters. The van der Waals surface area contributed by atoms with Crippen LogP contribution in [0.15, 0.2) is 40.3 Å². The molecule has 0 unspecified atom stereocenters. The summed E-state index contributed by atoms with van der Waals surface area (Å²) in [6.45, 7) is 1.79. The van der Waals surface area contributed by atoms with Crippen molar-refractivity contribution in [1.82, 2.24) is 19.6 Å². The fourth-order valence-corrected chi connectivity index (χ4v) is 3.04. The predicted molar refractivity (Wildman–Crippen MR) is 86.4 cm³/mol. The van der Waals surface area contributed by atoms with Crippen molar-refractivity contribution in [3.8, 4) is 5.75 Å². The number of carbonyl (C=O) groups is 1. The largest absolute Gasteiger partial charge is 0.497 e. The molecule has 0 amide bonds. The van der Waals surface area contributed by atoms with Crippen molar-refractivity contribution in [2.24, 2.45) is 0 Å². The van der Waals surface area contributed by atoms with Crippen LogP contribution in [0, 0.1) is 6.92 Å². The Labute approximate surface area is 135 Å². The lowest BCUT2D eigenvalue weighted by Crippen LogP contribution is -2.10. The van der Waals surface area contributed by atoms with E-state index in [1.807, 2.05) is 0 Å². The summed E-state index contributed by atoms with van der Waals surface area (Å²) >= 11 is 1.28. The number of carbonyl (C=O) groups excluding carboxylic acids is 1. The Kier molecular flexibility index (Phi) is 4.16. The van der Waals surface area contributed by atoms with Gasteiger partial charge in [0.15, 0.2) is 10.9 Å². The maximum Gasteiger partial charge on any atom is 0.252 e. The number of aromatic amines is 1. The molecule has 118 valence electrons. The minimum absolute atomic E-state index is 0.0171. The monoisotopic (exact) mass is 330 g/mol. The first kappa shape index (κ1) is 15.3. The number of aromatic nitrogens is 4. The van der Waals surface area contributed by atoms with Crippen LogP contribution in [0.4, 0.5) is 0 Å². The second-order valence-corrected chi connectivity index (χ2v) is 5.80. The highest BCUT2D eigenvalue weighted by Crippen LogP contribution is 2.19. The number of thioether (sulfide) groups is 1. The average molecular weight is 330 g/mol. The number of fused-ring (bicyclic) bond motifs is 1. The third-order valence-corrected chi connectivity index (χ3v) is 4.23. The third-order valence-electron chi connectivity index (χ3n) is 3.31. The molecule has 0 aliphatic rings. The molecule has 3 aromatic rings. The lowest BCUT2D eigenvalue weighted by Gasteiger charge is -2.04. The number of H-pyrrole nitrogens is 1. The molecule has 0 aliphatic heterocycles. The predicted octanol–water partition coefficient (Wildman–Crippen LogP) is 1.71. The normalized spacial score (nSPS) is 10.9. The van der Waals surface area contributed by atoms with Crippen molar-refractivity contribution in [2.75, 3.05) is 12.9 Å². The topological polar surface area (TPSA) is 89.3 Å². The number of nitrogens with zero attached hydrogens (tertiary/aromatic N) is 3. The van der Waals surface area contributed by atoms with Gasteiger partial charge >= 0.3 is 0 Å². The minimum atomic E-state index is -0.228. The number of ketones is 1. The number of aryl methyl sites for hydroxylation is 1. The molecule has 0 saturated heterocycles. The summed E-state index contributed by atoms with van der Waals surface area (Å²) in [5, 5.41) is 8.51. The molecule has 0 aliphatic carbocycles. The molecule has 1 N–H and O–H groups in total. The molecule has 0 spiro atoms. The first-order valence-corrected chi connectivity index (χ1v) is 7.82. The van der Waals surface area contributed by atoms with Gasteiger partial charge in [-0.25, -0.2) is 0 Å². The van der Waals surface area contributed by atoms with Crippen LogP contribution in [-0.2, 0) is 0 Å². The zero-order valence-corrected chi connectivity index (χ0v) is 13.4. The van der Waals surface area contributed by atoms with E-state index < -0.39 is 0 Å². The molecule has 0 fully saturated rings. The molecule has 0 radical (unpaired) electrons. The van der Waals surface area contributed by atoms with E-state index in [2.05, 4.69) is 15.2 Å². The van der Waals surface area contributed by atoms with E-state index >= 15 is 0 Å². The number of methoxy groups -OCH3 is 1. The Morgan fingerprint density at radius 1 is 1.30 bits per heavy atom. The van der Waals surface area contributed by atoms with Crippen LogP contribution < -0.4 is 10.3 Å². The van der Waals surface area contributed by atoms with E-state index in [4.69, 9.17) is 4.74 Å². The van der Waals surface area contributed by atoms with Gasteiger partial charge in [0.1, 0.15) is 5.75 Å². The van der Waals surface area contributed by atoms with Gasteiger partial charge in [-0.05, 0) is 31.2 Å². The van der Waals surface area contributed by atoms with Gasteiger partial charge in [-0.1, -0.05) is 11.8 Å². The van der Waals surface area contributed by atoms with Crippen LogP contribution in [0.2, 0.25) is 0 Å². The van der Waals surface area contributed by atoms with E-state index in [9.17, 15) is 9.59 Å². The third kappa shape index (κ3) is 3.11. The van der Waals surface area contributed by atoms with Gasteiger partial charge in [0.05, 0.1) is 12.9 Å². The van der Waals surface area contributed by atoms with Gasteiger partial charge in [0.2, 0.25) is 5.78 Å². The van der Waals surface area contributed by atoms with Crippen molar-refractivity contribution in [2.45, 2.75) is 12.1 Å². The lowest BCUT2D eigenvalue weighted by atomic mass is 10.1. The zero-order valence-electron chi connectivity index (χ0n) is 12.6. The van der Waals surface area contributed by atoms with Crippen LogP contribution in [-0.4, -0.2) is 38.2 Å². The summed E-state index contributed by atoms with van der Waals surface area (Å²) < 4.78 is 6.79. The number of nitrogens with one attached hydrogen (secondary N) is 1. The summed E-state index contributed by atoms with van der Waals surface area (Å²) in [5.41, 5.74) is 1.10. The molecule has 7 nitrogen and oxygen atoms in total. The number of Topliss-reactive ketones (excluding diaryl/α,β-unsaturated/α-hetero) is 1. The van der Waals surface area contributed by atoms with Gasteiger partial charge in [-0.3, -0.25) is 19.0 Å². The molecule has 2 aromatic heterocycles. The van der Waals surface area contributed by atoms with Crippen LogP contribution in [0.25, 0.3) is 5.78 Å². The van der Waals surface area contributed by atoms with Crippen LogP contribution in [0.3, 0.4) is 0 Å². The smallest absolute Gasteiger partial charge is 0.252 e. The lowest BCUT2D eigenvalue weighted by molar-refractivity contribution is 0.102. The molecule has 0 saturated carbocycles. The highest BCUT2D eigenvalue weighted by atomic mass is 32.2. The number of rotatable bonds is 5. The Bertz CT molecular complexity index is 915. The molecule has 3 rings (SSSR count). The fourth-order valence-electron chi connectivity index (χ4n) is 2.15. The molecule has 23 heavy (non-hydrogen) atoms. The molecule has 2 heterocycles.